The van der Waals surface area contributed by atoms with Crippen LogP contribution >= 0.6 is 27.3 Å². The van der Waals surface area contributed by atoms with Crippen molar-refractivity contribution in [1.29, 1.82) is 0 Å². The van der Waals surface area contributed by atoms with Crippen LogP contribution in [0.25, 0.3) is 11.3 Å². The lowest BCUT2D eigenvalue weighted by molar-refractivity contribution is 0.135. The van der Waals surface area contributed by atoms with Crippen LogP contribution in [-0.2, 0) is 21.6 Å². The molecule has 2 aromatic carbocycles. The van der Waals surface area contributed by atoms with Crippen LogP contribution in [0.3, 0.4) is 0 Å². The van der Waals surface area contributed by atoms with Crippen molar-refractivity contribution in [3.8, 4) is 11.3 Å². The molecule has 0 aliphatic rings. The lowest BCUT2D eigenvalue weighted by Crippen LogP contribution is -2.32. The molecule has 8 nitrogen and oxygen atoms in total. The highest BCUT2D eigenvalue weighted by Gasteiger charge is 2.19. The molecule has 1 heterocycles. The molecule has 1 amide bonds. The normalized spacial score (nSPS) is 12.3. The Morgan fingerprint density at radius 1 is 1.15 bits per heavy atom. The number of nitrogens with two attached hydrogens (primary N) is 1. The van der Waals surface area contributed by atoms with Crippen LogP contribution in [0.1, 0.15) is 35.9 Å². The third kappa shape index (κ3) is 8.86. The van der Waals surface area contributed by atoms with Gasteiger partial charge in [-0.15, -0.1) is 11.3 Å². The van der Waals surface area contributed by atoms with Crippen molar-refractivity contribution < 1.29 is 17.9 Å². The van der Waals surface area contributed by atoms with Crippen molar-refractivity contribution in [2.24, 2.45) is 5.14 Å². The molecule has 4 N–H and O–H groups in total. The summed E-state index contributed by atoms with van der Waals surface area (Å²) in [6, 6.07) is 16.9. The van der Waals surface area contributed by atoms with Crippen LogP contribution in [0.4, 0.5) is 4.79 Å². The molecule has 0 saturated carbocycles. The van der Waals surface area contributed by atoms with E-state index in [1.165, 1.54) is 11.3 Å². The number of nitrogens with one attached hydrogen (secondary N) is 2. The van der Waals surface area contributed by atoms with E-state index < -0.39 is 16.3 Å². The van der Waals surface area contributed by atoms with Crippen LogP contribution in [-0.4, -0.2) is 26.0 Å². The standard InChI is InChI=1S/C22H25BrN4O4S2/c23-18-10-6-9-17(13-18)20-15-32-21(26-20)19(11-4-5-12-25-33(24,29)30)27-22(28)31-14-16-7-2-1-3-8-16/h1-3,6-10,13,15,19,25H,4-5,11-12,14H2,(H,27,28)(H2,24,29,30)/t19-/m1/s1. The Labute approximate surface area is 205 Å². The van der Waals surface area contributed by atoms with Gasteiger partial charge in [-0.05, 0) is 37.0 Å². The molecule has 176 valence electrons. The van der Waals surface area contributed by atoms with E-state index in [9.17, 15) is 13.2 Å². The summed E-state index contributed by atoms with van der Waals surface area (Å²) in [4.78, 5) is 17.2. The highest BCUT2D eigenvalue weighted by Crippen LogP contribution is 2.29. The van der Waals surface area contributed by atoms with Gasteiger partial charge in [-0.3, -0.25) is 0 Å². The SMILES string of the molecule is NS(=O)(=O)NCCCC[C@@H](NC(=O)OCc1ccccc1)c1nc(-c2cccc(Br)c2)cs1. The third-order valence-corrected chi connectivity index (χ3v) is 6.73. The van der Waals surface area contributed by atoms with Gasteiger partial charge in [-0.25, -0.2) is 19.6 Å². The second-order valence-electron chi connectivity index (χ2n) is 7.28. The van der Waals surface area contributed by atoms with Gasteiger partial charge in [-0.1, -0.05) is 58.4 Å². The van der Waals surface area contributed by atoms with Gasteiger partial charge < -0.3 is 10.1 Å². The molecule has 0 radical (unpaired) electrons. The average molecular weight is 554 g/mol. The molecule has 0 saturated heterocycles. The second-order valence-corrected chi connectivity index (χ2v) is 10.5. The molecule has 0 unspecified atom stereocenters. The predicted octanol–water partition coefficient (Wildman–Crippen LogP) is 4.50. The number of thiazole rings is 1. The molecule has 1 atom stereocenters. The Balaban J connectivity index is 1.65. The molecule has 33 heavy (non-hydrogen) atoms. The van der Waals surface area contributed by atoms with E-state index in [0.717, 1.165) is 26.3 Å². The number of aromatic nitrogens is 1. The van der Waals surface area contributed by atoms with Crippen LogP contribution < -0.4 is 15.2 Å². The molecule has 0 fully saturated rings. The number of rotatable bonds is 11. The first kappa shape index (κ1) is 25.3. The van der Waals surface area contributed by atoms with Gasteiger partial charge in [0, 0.05) is 22.0 Å². The summed E-state index contributed by atoms with van der Waals surface area (Å²) in [5.74, 6) is 0. The van der Waals surface area contributed by atoms with Gasteiger partial charge in [-0.2, -0.15) is 8.42 Å². The lowest BCUT2D eigenvalue weighted by atomic mass is 10.1. The second kappa shape index (κ2) is 12.2. The maximum absolute atomic E-state index is 12.5. The average Bonchev–Trinajstić information content (AvgIpc) is 3.27. The monoisotopic (exact) mass is 552 g/mol. The maximum Gasteiger partial charge on any atom is 0.408 e. The number of halogens is 1. The van der Waals surface area contributed by atoms with Crippen LogP contribution in [0.5, 0.6) is 0 Å². The zero-order valence-electron chi connectivity index (χ0n) is 17.7. The Bertz CT molecular complexity index is 1160. The van der Waals surface area contributed by atoms with E-state index in [4.69, 9.17) is 14.9 Å². The molecule has 3 rings (SSSR count). The predicted molar refractivity (Wildman–Crippen MR) is 133 cm³/mol. The molecule has 0 spiro atoms. The van der Waals surface area contributed by atoms with Gasteiger partial charge in [0.25, 0.3) is 10.2 Å². The fourth-order valence-corrected chi connectivity index (χ4v) is 4.82. The Morgan fingerprint density at radius 2 is 1.94 bits per heavy atom. The minimum Gasteiger partial charge on any atom is -0.445 e. The number of carbonyl (C=O) groups is 1. The van der Waals surface area contributed by atoms with Crippen molar-refractivity contribution in [3.05, 3.63) is 75.0 Å². The number of nitrogens with zero attached hydrogens (tertiary/aromatic N) is 1. The smallest absolute Gasteiger partial charge is 0.408 e. The van der Waals surface area contributed by atoms with E-state index in [-0.39, 0.29) is 19.2 Å². The summed E-state index contributed by atoms with van der Waals surface area (Å²) in [6.45, 7) is 0.393. The quantitative estimate of drug-likeness (QED) is 0.302. The molecular formula is C22H25BrN4O4S2. The first-order chi connectivity index (χ1) is 15.8. The van der Waals surface area contributed by atoms with Gasteiger partial charge >= 0.3 is 6.09 Å². The van der Waals surface area contributed by atoms with Gasteiger partial charge in [0.1, 0.15) is 11.6 Å². The van der Waals surface area contributed by atoms with Crippen LogP contribution in [0.2, 0.25) is 0 Å². The first-order valence-electron chi connectivity index (χ1n) is 10.3. The summed E-state index contributed by atoms with van der Waals surface area (Å²) in [5.41, 5.74) is 2.68. The van der Waals surface area contributed by atoms with Gasteiger partial charge in [0.05, 0.1) is 11.7 Å². The summed E-state index contributed by atoms with van der Waals surface area (Å²) < 4.78 is 30.6. The van der Waals surface area contributed by atoms with E-state index in [2.05, 4.69) is 26.0 Å². The molecule has 1 aromatic heterocycles. The lowest BCUT2D eigenvalue weighted by Gasteiger charge is -2.16. The summed E-state index contributed by atoms with van der Waals surface area (Å²) in [5, 5.41) is 10.6. The number of hydrogen-bond acceptors (Lipinski definition) is 6. The summed E-state index contributed by atoms with van der Waals surface area (Å²) >= 11 is 4.93. The molecule has 0 aliphatic heterocycles. The highest BCUT2D eigenvalue weighted by atomic mass is 79.9. The summed E-state index contributed by atoms with van der Waals surface area (Å²) in [6.07, 6.45) is 1.25. The molecule has 11 heteroatoms. The van der Waals surface area contributed by atoms with E-state index in [1.807, 2.05) is 60.0 Å². The van der Waals surface area contributed by atoms with E-state index in [0.29, 0.717) is 19.3 Å². The molecular weight excluding hydrogens is 528 g/mol. The van der Waals surface area contributed by atoms with E-state index >= 15 is 0 Å². The number of unbranched alkanes of at least 4 members (excludes halogenated alkanes) is 1. The zero-order chi connectivity index (χ0) is 23.7. The Morgan fingerprint density at radius 3 is 2.67 bits per heavy atom. The van der Waals surface area contributed by atoms with Gasteiger partial charge in [0.15, 0.2) is 0 Å². The minimum atomic E-state index is -3.71. The van der Waals surface area contributed by atoms with Crippen molar-refractivity contribution in [2.75, 3.05) is 6.54 Å². The number of hydrogen-bond donors (Lipinski definition) is 3. The number of amides is 1. The fourth-order valence-electron chi connectivity index (χ4n) is 3.08. The van der Waals surface area contributed by atoms with Gasteiger partial charge in [0.2, 0.25) is 0 Å². The molecule has 3 aromatic rings. The van der Waals surface area contributed by atoms with Crippen LogP contribution in [0.15, 0.2) is 64.5 Å². The largest absolute Gasteiger partial charge is 0.445 e. The topological polar surface area (TPSA) is 123 Å². The highest BCUT2D eigenvalue weighted by molar-refractivity contribution is 9.10. The molecule has 0 bridgehead atoms. The zero-order valence-corrected chi connectivity index (χ0v) is 21.0. The Kier molecular flexibility index (Phi) is 9.39. The Hall–Kier alpha value is -2.31. The van der Waals surface area contributed by atoms with Crippen molar-refractivity contribution >= 4 is 43.6 Å². The van der Waals surface area contributed by atoms with E-state index in [1.54, 1.807) is 0 Å². The first-order valence-corrected chi connectivity index (χ1v) is 13.5. The summed E-state index contributed by atoms with van der Waals surface area (Å²) in [7, 11) is -3.71. The minimum absolute atomic E-state index is 0.166. The number of carbonyl (C=O) groups excluding carboxylic acids is 1. The number of alkyl carbamates (subject to hydrolysis) is 1. The van der Waals surface area contributed by atoms with Crippen LogP contribution in [0, 0.1) is 0 Å². The molecule has 0 aliphatic carbocycles. The fraction of sp³-hybridized carbons (Fsp3) is 0.273. The van der Waals surface area contributed by atoms with Crippen molar-refractivity contribution in [2.45, 2.75) is 31.9 Å². The maximum atomic E-state index is 12.5. The third-order valence-electron chi connectivity index (χ3n) is 4.67. The van der Waals surface area contributed by atoms with Crippen molar-refractivity contribution in [1.82, 2.24) is 15.0 Å². The number of ether oxygens (including phenoxy) is 1. The van der Waals surface area contributed by atoms with Crippen molar-refractivity contribution in [3.63, 3.8) is 0 Å². The number of benzene rings is 2.